The third kappa shape index (κ3) is 6.05. The van der Waals surface area contributed by atoms with Gasteiger partial charge in [0.05, 0.1) is 23.9 Å². The lowest BCUT2D eigenvalue weighted by molar-refractivity contribution is -0.131. The highest BCUT2D eigenvalue weighted by atomic mass is 16.6. The van der Waals surface area contributed by atoms with E-state index < -0.39 is 16.6 Å². The van der Waals surface area contributed by atoms with Gasteiger partial charge in [0.2, 0.25) is 5.91 Å². The van der Waals surface area contributed by atoms with Gasteiger partial charge in [-0.2, -0.15) is 0 Å². The Balaban J connectivity index is 1.48. The van der Waals surface area contributed by atoms with Gasteiger partial charge in [-0.15, -0.1) is 0 Å². The molecule has 0 radical (unpaired) electrons. The number of carbonyl (C=O) groups excluding carboxylic acids is 2. The fourth-order valence-electron chi connectivity index (χ4n) is 6.41. The molecule has 4 heterocycles. The fraction of sp³-hybridized carbons (Fsp3) is 0.529. The van der Waals surface area contributed by atoms with E-state index >= 15 is 0 Å². The van der Waals surface area contributed by atoms with Gasteiger partial charge in [0, 0.05) is 62.4 Å². The Morgan fingerprint density at radius 1 is 1.07 bits per heavy atom. The highest BCUT2D eigenvalue weighted by Crippen LogP contribution is 2.51. The summed E-state index contributed by atoms with van der Waals surface area (Å²) >= 11 is 0. The third-order valence-electron chi connectivity index (χ3n) is 8.93. The average Bonchev–Trinajstić information content (AvgIpc) is 3.45. The van der Waals surface area contributed by atoms with E-state index in [-0.39, 0.29) is 17.9 Å². The molecule has 2 aromatic heterocycles. The van der Waals surface area contributed by atoms with Crippen molar-refractivity contribution in [3.05, 3.63) is 77.6 Å². The molecule has 0 unspecified atom stereocenters. The number of aliphatic hydroxyl groups is 1. The summed E-state index contributed by atoms with van der Waals surface area (Å²) < 4.78 is 7.54. The van der Waals surface area contributed by atoms with E-state index in [0.29, 0.717) is 31.1 Å². The van der Waals surface area contributed by atoms with E-state index in [1.807, 2.05) is 61.6 Å². The molecular formula is C34H45N5O4. The van der Waals surface area contributed by atoms with Gasteiger partial charge < -0.3 is 24.2 Å². The molecule has 1 N–H and O–H groups in total. The van der Waals surface area contributed by atoms with Gasteiger partial charge in [0.1, 0.15) is 11.2 Å². The summed E-state index contributed by atoms with van der Waals surface area (Å²) in [5.74, 6) is 0.631. The van der Waals surface area contributed by atoms with Gasteiger partial charge in [0.25, 0.3) is 0 Å². The average molecular weight is 588 g/mol. The van der Waals surface area contributed by atoms with E-state index in [2.05, 4.69) is 31.0 Å². The molecule has 2 fully saturated rings. The van der Waals surface area contributed by atoms with E-state index in [0.717, 1.165) is 36.3 Å². The van der Waals surface area contributed by atoms with Gasteiger partial charge in [0.15, 0.2) is 0 Å². The molecule has 2 atom stereocenters. The molecule has 3 aromatic rings. The van der Waals surface area contributed by atoms with Crippen molar-refractivity contribution in [1.29, 1.82) is 0 Å². The van der Waals surface area contributed by atoms with Gasteiger partial charge in [-0.05, 0) is 56.7 Å². The number of hydrogen-bond acceptors (Lipinski definition) is 6. The number of pyridine rings is 1. The van der Waals surface area contributed by atoms with Crippen LogP contribution in [0.25, 0.3) is 5.69 Å². The number of carbonyl (C=O) groups is 2. The maximum atomic E-state index is 12.9. The van der Waals surface area contributed by atoms with Crippen LogP contribution in [-0.4, -0.2) is 73.2 Å². The van der Waals surface area contributed by atoms with Crippen LogP contribution in [0.1, 0.15) is 95.5 Å². The minimum atomic E-state index is -1.43. The Kier molecular flexibility index (Phi) is 8.15. The van der Waals surface area contributed by atoms with E-state index in [1.54, 1.807) is 30.5 Å². The summed E-state index contributed by atoms with van der Waals surface area (Å²) in [5, 5.41) is 12.8. The lowest BCUT2D eigenvalue weighted by atomic mass is 9.62. The largest absolute Gasteiger partial charge is 0.444 e. The minimum absolute atomic E-state index is 0.0940. The molecular weight excluding hydrogens is 542 g/mol. The Bertz CT molecular complexity index is 1470. The standard InChI is InChI=1S/C34H45N5O4/c1-23(2)25-10-12-27(13-11-25)34(42,33(7)20-39(21-33)31(41)43-32(4,5)6)28-15-29(17-35-16-28)38-19-30(36-22-38)26-9-8-14-37(18-26)24(3)40/h10-13,15-17,19,22-23,26,42H,8-9,14,18,20-21H2,1-7H3/t26-,34+/m1/s1. The van der Waals surface area contributed by atoms with Crippen molar-refractivity contribution < 1.29 is 19.4 Å². The van der Waals surface area contributed by atoms with Crippen LogP contribution in [0.2, 0.25) is 0 Å². The maximum absolute atomic E-state index is 12.9. The van der Waals surface area contributed by atoms with Crippen LogP contribution in [-0.2, 0) is 15.1 Å². The summed E-state index contributed by atoms with van der Waals surface area (Å²) in [4.78, 5) is 37.6. The molecule has 5 rings (SSSR count). The second-order valence-corrected chi connectivity index (χ2v) is 13.8. The van der Waals surface area contributed by atoms with Crippen molar-refractivity contribution in [2.45, 2.75) is 84.3 Å². The Labute approximate surface area is 254 Å². The molecule has 230 valence electrons. The first-order valence-corrected chi connectivity index (χ1v) is 15.3. The van der Waals surface area contributed by atoms with Gasteiger partial charge in [-0.25, -0.2) is 9.78 Å². The number of ether oxygens (including phenoxy) is 1. The summed E-state index contributed by atoms with van der Waals surface area (Å²) in [6.07, 6.45) is 8.80. The van der Waals surface area contributed by atoms with Crippen molar-refractivity contribution >= 4 is 12.0 Å². The third-order valence-corrected chi connectivity index (χ3v) is 8.93. The minimum Gasteiger partial charge on any atom is -0.444 e. The second-order valence-electron chi connectivity index (χ2n) is 13.8. The molecule has 0 spiro atoms. The van der Waals surface area contributed by atoms with Crippen molar-refractivity contribution in [3.8, 4) is 5.69 Å². The smallest absolute Gasteiger partial charge is 0.410 e. The fourth-order valence-corrected chi connectivity index (χ4v) is 6.41. The summed E-state index contributed by atoms with van der Waals surface area (Å²) in [5.41, 5.74) is 1.57. The summed E-state index contributed by atoms with van der Waals surface area (Å²) in [6, 6.07) is 10.1. The van der Waals surface area contributed by atoms with Crippen LogP contribution in [0.3, 0.4) is 0 Å². The lowest BCUT2D eigenvalue weighted by Crippen LogP contribution is -2.66. The molecule has 2 aliphatic rings. The first-order valence-electron chi connectivity index (χ1n) is 15.3. The van der Waals surface area contributed by atoms with Crippen LogP contribution in [0.5, 0.6) is 0 Å². The number of rotatable bonds is 6. The molecule has 0 aliphatic carbocycles. The molecule has 2 saturated heterocycles. The predicted octanol–water partition coefficient (Wildman–Crippen LogP) is 5.61. The molecule has 0 saturated carbocycles. The second kappa shape index (κ2) is 11.4. The topological polar surface area (TPSA) is 101 Å². The number of piperidine rings is 1. The number of aromatic nitrogens is 3. The highest BCUT2D eigenvalue weighted by Gasteiger charge is 2.58. The zero-order valence-corrected chi connectivity index (χ0v) is 26.5. The zero-order valence-electron chi connectivity index (χ0n) is 26.5. The Morgan fingerprint density at radius 2 is 1.77 bits per heavy atom. The molecule has 9 heteroatoms. The zero-order chi connectivity index (χ0) is 31.2. The van der Waals surface area contributed by atoms with Gasteiger partial charge >= 0.3 is 6.09 Å². The lowest BCUT2D eigenvalue weighted by Gasteiger charge is -2.56. The maximum Gasteiger partial charge on any atom is 0.410 e. The SMILES string of the molecule is CC(=O)N1CCC[C@@H](c2cn(-c3cncc([C@@](O)(c4ccc(C(C)C)cc4)C4(C)CN(C(=O)OC(C)(C)C)C4)c3)cn2)C1. The number of hydrogen-bond donors (Lipinski definition) is 1. The first-order chi connectivity index (χ1) is 20.2. The number of amides is 2. The van der Waals surface area contributed by atoms with E-state index in [4.69, 9.17) is 9.72 Å². The van der Waals surface area contributed by atoms with Crippen LogP contribution >= 0.6 is 0 Å². The number of benzene rings is 1. The van der Waals surface area contributed by atoms with Gasteiger partial charge in [-0.3, -0.25) is 9.78 Å². The number of likely N-dealkylation sites (tertiary alicyclic amines) is 2. The van der Waals surface area contributed by atoms with Crippen molar-refractivity contribution in [3.63, 3.8) is 0 Å². The normalized spacial score (nSPS) is 20.0. The molecule has 9 nitrogen and oxygen atoms in total. The predicted molar refractivity (Wildman–Crippen MR) is 165 cm³/mol. The van der Waals surface area contributed by atoms with Gasteiger partial charge in [-0.1, -0.05) is 45.0 Å². The van der Waals surface area contributed by atoms with Crippen molar-refractivity contribution in [1.82, 2.24) is 24.3 Å². The molecule has 2 aliphatic heterocycles. The first kappa shape index (κ1) is 30.7. The molecule has 0 bridgehead atoms. The Morgan fingerprint density at radius 3 is 2.40 bits per heavy atom. The van der Waals surface area contributed by atoms with Crippen LogP contribution < -0.4 is 0 Å². The van der Waals surface area contributed by atoms with E-state index in [1.165, 1.54) is 5.56 Å². The van der Waals surface area contributed by atoms with Crippen LogP contribution in [0.4, 0.5) is 4.79 Å². The Hall–Kier alpha value is -3.72. The molecule has 2 amide bonds. The van der Waals surface area contributed by atoms with Crippen LogP contribution in [0, 0.1) is 5.41 Å². The van der Waals surface area contributed by atoms with Crippen molar-refractivity contribution in [2.75, 3.05) is 26.2 Å². The number of nitrogens with zero attached hydrogens (tertiary/aromatic N) is 5. The van der Waals surface area contributed by atoms with E-state index in [9.17, 15) is 14.7 Å². The highest BCUT2D eigenvalue weighted by molar-refractivity contribution is 5.73. The quantitative estimate of drug-likeness (QED) is 0.402. The monoisotopic (exact) mass is 587 g/mol. The summed E-state index contributed by atoms with van der Waals surface area (Å²) in [6.45, 7) is 15.6. The van der Waals surface area contributed by atoms with Crippen LogP contribution in [0.15, 0.2) is 55.2 Å². The summed E-state index contributed by atoms with van der Waals surface area (Å²) in [7, 11) is 0. The number of imidazole rings is 1. The molecule has 43 heavy (non-hydrogen) atoms. The molecule has 1 aromatic carbocycles. The van der Waals surface area contributed by atoms with Crippen molar-refractivity contribution in [2.24, 2.45) is 5.41 Å².